The summed E-state index contributed by atoms with van der Waals surface area (Å²) in [5.41, 5.74) is -0.207. The molecular formula is C10H8BrClN2O4. The summed E-state index contributed by atoms with van der Waals surface area (Å²) >= 11 is 8.76. The summed E-state index contributed by atoms with van der Waals surface area (Å²) in [6.45, 7) is 3.37. The lowest BCUT2D eigenvalue weighted by Gasteiger charge is -2.08. The number of hydrogen-bond donors (Lipinski definition) is 2. The summed E-state index contributed by atoms with van der Waals surface area (Å²) in [5, 5.41) is 11.2. The molecule has 6 nitrogen and oxygen atoms in total. The zero-order valence-electron chi connectivity index (χ0n) is 8.94. The standard InChI is InChI=1S/C10H8BrClN2O4/c1-2-3-18-10(17)14-8-5(9(15)16)4-6(11)7(12)13-8/h2,4H,1,3H2,(H,15,16)(H,13,14,17). The van der Waals surface area contributed by atoms with Gasteiger partial charge in [-0.2, -0.15) is 0 Å². The van der Waals surface area contributed by atoms with Crippen molar-refractivity contribution in [1.82, 2.24) is 4.98 Å². The number of hydrogen-bond acceptors (Lipinski definition) is 4. The maximum absolute atomic E-state index is 11.3. The van der Waals surface area contributed by atoms with Crippen LogP contribution in [0.2, 0.25) is 5.15 Å². The second kappa shape index (κ2) is 6.36. The summed E-state index contributed by atoms with van der Waals surface area (Å²) in [6, 6.07) is 1.24. The minimum absolute atomic E-state index is 0.00149. The number of nitrogens with zero attached hydrogens (tertiary/aromatic N) is 1. The molecule has 0 atom stereocenters. The van der Waals surface area contributed by atoms with Gasteiger partial charge in [0.1, 0.15) is 17.3 Å². The van der Waals surface area contributed by atoms with Gasteiger partial charge in [-0.25, -0.2) is 14.6 Å². The number of nitrogens with one attached hydrogen (secondary N) is 1. The summed E-state index contributed by atoms with van der Waals surface area (Å²) in [6.07, 6.45) is 0.531. The smallest absolute Gasteiger partial charge is 0.413 e. The highest BCUT2D eigenvalue weighted by Crippen LogP contribution is 2.26. The van der Waals surface area contributed by atoms with Crippen molar-refractivity contribution in [2.24, 2.45) is 0 Å². The van der Waals surface area contributed by atoms with Crippen molar-refractivity contribution in [3.63, 3.8) is 0 Å². The molecule has 0 saturated carbocycles. The molecule has 2 N–H and O–H groups in total. The number of carboxylic acid groups (broad SMARTS) is 1. The van der Waals surface area contributed by atoms with Crippen LogP contribution in [0.4, 0.5) is 10.6 Å². The molecule has 0 saturated heterocycles. The quantitative estimate of drug-likeness (QED) is 0.652. The van der Waals surface area contributed by atoms with Crippen molar-refractivity contribution in [1.29, 1.82) is 0 Å². The van der Waals surface area contributed by atoms with Gasteiger partial charge in [0.2, 0.25) is 0 Å². The molecule has 18 heavy (non-hydrogen) atoms. The highest BCUT2D eigenvalue weighted by Gasteiger charge is 2.17. The van der Waals surface area contributed by atoms with Crippen molar-refractivity contribution < 1.29 is 19.4 Å². The molecule has 0 fully saturated rings. The Bertz CT molecular complexity index is 507. The number of pyridine rings is 1. The van der Waals surface area contributed by atoms with Crippen LogP contribution in [0.1, 0.15) is 10.4 Å². The van der Waals surface area contributed by atoms with Crippen LogP contribution in [-0.2, 0) is 4.74 Å². The lowest BCUT2D eigenvalue weighted by atomic mass is 10.2. The molecule has 0 unspecified atom stereocenters. The van der Waals surface area contributed by atoms with E-state index in [1.165, 1.54) is 12.1 Å². The van der Waals surface area contributed by atoms with Crippen LogP contribution in [0.15, 0.2) is 23.2 Å². The van der Waals surface area contributed by atoms with Gasteiger partial charge in [0.05, 0.1) is 4.47 Å². The minimum atomic E-state index is -1.25. The molecule has 0 bridgehead atoms. The first-order valence-corrected chi connectivity index (χ1v) is 5.76. The summed E-state index contributed by atoms with van der Waals surface area (Å²) < 4.78 is 4.96. The molecule has 1 aromatic rings. The van der Waals surface area contributed by atoms with Crippen LogP contribution in [-0.4, -0.2) is 28.8 Å². The van der Waals surface area contributed by atoms with E-state index in [4.69, 9.17) is 16.7 Å². The third-order valence-electron chi connectivity index (χ3n) is 1.72. The fourth-order valence-electron chi connectivity index (χ4n) is 0.992. The van der Waals surface area contributed by atoms with Crippen molar-refractivity contribution in [2.75, 3.05) is 11.9 Å². The molecule has 96 valence electrons. The highest BCUT2D eigenvalue weighted by atomic mass is 79.9. The molecular weight excluding hydrogens is 327 g/mol. The molecule has 8 heteroatoms. The lowest BCUT2D eigenvalue weighted by molar-refractivity contribution is 0.0697. The molecule has 1 amide bonds. The van der Waals surface area contributed by atoms with Crippen LogP contribution < -0.4 is 5.32 Å². The number of aromatic carboxylic acids is 1. The maximum Gasteiger partial charge on any atom is 0.413 e. The van der Waals surface area contributed by atoms with E-state index in [2.05, 4.69) is 37.5 Å². The maximum atomic E-state index is 11.3. The van der Waals surface area contributed by atoms with E-state index in [0.29, 0.717) is 4.47 Å². The Morgan fingerprint density at radius 2 is 2.33 bits per heavy atom. The van der Waals surface area contributed by atoms with Gasteiger partial charge in [-0.15, -0.1) is 0 Å². The van der Waals surface area contributed by atoms with E-state index in [9.17, 15) is 9.59 Å². The summed E-state index contributed by atoms with van der Waals surface area (Å²) in [7, 11) is 0. The van der Waals surface area contributed by atoms with Gasteiger partial charge >= 0.3 is 12.1 Å². The topological polar surface area (TPSA) is 88.5 Å². The van der Waals surface area contributed by atoms with E-state index in [-0.39, 0.29) is 23.1 Å². The normalized spacial score (nSPS) is 9.67. The number of amides is 1. The van der Waals surface area contributed by atoms with Gasteiger partial charge in [-0.1, -0.05) is 24.3 Å². The van der Waals surface area contributed by atoms with E-state index in [1.54, 1.807) is 0 Å². The molecule has 0 aliphatic heterocycles. The molecule has 0 aliphatic rings. The van der Waals surface area contributed by atoms with Gasteiger partial charge in [0, 0.05) is 0 Å². The molecule has 0 spiro atoms. The minimum Gasteiger partial charge on any atom is -0.478 e. The van der Waals surface area contributed by atoms with E-state index < -0.39 is 12.1 Å². The fourth-order valence-corrected chi connectivity index (χ4v) is 1.45. The Morgan fingerprint density at radius 3 is 2.89 bits per heavy atom. The fraction of sp³-hybridized carbons (Fsp3) is 0.100. The second-order valence-corrected chi connectivity index (χ2v) is 4.19. The third-order valence-corrected chi connectivity index (χ3v) is 2.84. The number of ether oxygens (including phenoxy) is 1. The average molecular weight is 336 g/mol. The Balaban J connectivity index is 3.00. The average Bonchev–Trinajstić information content (AvgIpc) is 2.30. The number of carbonyl (C=O) groups is 2. The van der Waals surface area contributed by atoms with Crippen molar-refractivity contribution >= 4 is 45.4 Å². The number of rotatable bonds is 4. The first kappa shape index (κ1) is 14.5. The van der Waals surface area contributed by atoms with Gasteiger partial charge in [0.15, 0.2) is 5.82 Å². The van der Waals surface area contributed by atoms with Crippen LogP contribution in [0.25, 0.3) is 0 Å². The van der Waals surface area contributed by atoms with Gasteiger partial charge in [-0.05, 0) is 22.0 Å². The second-order valence-electron chi connectivity index (χ2n) is 2.97. The van der Waals surface area contributed by atoms with Gasteiger partial charge in [0.25, 0.3) is 0 Å². The number of anilines is 1. The molecule has 0 aromatic carbocycles. The number of aromatic nitrogens is 1. The van der Waals surface area contributed by atoms with Crippen LogP contribution in [0.3, 0.4) is 0 Å². The van der Waals surface area contributed by atoms with Crippen LogP contribution in [0, 0.1) is 0 Å². The number of carbonyl (C=O) groups excluding carboxylic acids is 1. The monoisotopic (exact) mass is 334 g/mol. The Labute approximate surface area is 116 Å². The zero-order valence-corrected chi connectivity index (χ0v) is 11.3. The van der Waals surface area contributed by atoms with Crippen LogP contribution >= 0.6 is 27.5 Å². The van der Waals surface area contributed by atoms with Crippen LogP contribution in [0.5, 0.6) is 0 Å². The Kier molecular flexibility index (Phi) is 5.11. The Hall–Kier alpha value is -1.60. The first-order valence-electron chi connectivity index (χ1n) is 4.59. The van der Waals surface area contributed by atoms with E-state index in [1.807, 2.05) is 0 Å². The zero-order chi connectivity index (χ0) is 13.7. The summed E-state index contributed by atoms with van der Waals surface area (Å²) in [4.78, 5) is 26.0. The SMILES string of the molecule is C=CCOC(=O)Nc1nc(Cl)c(Br)cc1C(=O)O. The lowest BCUT2D eigenvalue weighted by Crippen LogP contribution is -2.17. The third kappa shape index (κ3) is 3.71. The van der Waals surface area contributed by atoms with Crippen molar-refractivity contribution in [2.45, 2.75) is 0 Å². The van der Waals surface area contributed by atoms with E-state index in [0.717, 1.165) is 0 Å². The largest absolute Gasteiger partial charge is 0.478 e. The predicted octanol–water partition coefficient (Wildman–Crippen LogP) is 2.93. The molecule has 1 rings (SSSR count). The van der Waals surface area contributed by atoms with Gasteiger partial charge < -0.3 is 9.84 Å². The molecule has 0 radical (unpaired) electrons. The molecule has 0 aliphatic carbocycles. The van der Waals surface area contributed by atoms with Crippen molar-refractivity contribution in [3.05, 3.63) is 33.9 Å². The number of carboxylic acids is 1. The molecule has 1 aromatic heterocycles. The molecule has 1 heterocycles. The number of halogens is 2. The predicted molar refractivity (Wildman–Crippen MR) is 69.1 cm³/mol. The first-order chi connectivity index (χ1) is 8.45. The highest BCUT2D eigenvalue weighted by molar-refractivity contribution is 9.10. The summed E-state index contributed by atoms with van der Waals surface area (Å²) in [5.74, 6) is -1.44. The van der Waals surface area contributed by atoms with Crippen molar-refractivity contribution in [3.8, 4) is 0 Å². The van der Waals surface area contributed by atoms with Gasteiger partial charge in [-0.3, -0.25) is 5.32 Å². The van der Waals surface area contributed by atoms with E-state index >= 15 is 0 Å². The Morgan fingerprint density at radius 1 is 1.67 bits per heavy atom.